The van der Waals surface area contributed by atoms with Crippen LogP contribution in [0.2, 0.25) is 0 Å². The molecule has 0 saturated carbocycles. The lowest BCUT2D eigenvalue weighted by Crippen LogP contribution is -2.42. The molecule has 0 saturated heterocycles. The Kier molecular flexibility index (Phi) is 4.77. The highest BCUT2D eigenvalue weighted by atomic mass is 16.5. The first-order chi connectivity index (χ1) is 7.57. The van der Waals surface area contributed by atoms with E-state index >= 15 is 0 Å². The monoisotopic (exact) mass is 223 g/mol. The Hall–Kier alpha value is -1.06. The molecule has 90 valence electrons. The molecule has 3 nitrogen and oxygen atoms in total. The topological polar surface area (TPSA) is 41.5 Å². The maximum Gasteiger partial charge on any atom is 0.119 e. The van der Waals surface area contributed by atoms with Crippen LogP contribution in [0.4, 0.5) is 0 Å². The molecule has 1 rings (SSSR count). The van der Waals surface area contributed by atoms with Crippen LogP contribution in [0.15, 0.2) is 24.3 Å². The Morgan fingerprint density at radius 3 is 2.38 bits per heavy atom. The molecule has 2 N–H and O–H groups in total. The molecular formula is C13H21NO2. The summed E-state index contributed by atoms with van der Waals surface area (Å²) in [5, 5.41) is 12.4. The second kappa shape index (κ2) is 5.87. The summed E-state index contributed by atoms with van der Waals surface area (Å²) in [5.41, 5.74) is 0.948. The molecule has 1 aromatic rings. The Bertz CT molecular complexity index is 306. The molecule has 0 radical (unpaired) electrons. The van der Waals surface area contributed by atoms with Gasteiger partial charge in [0.2, 0.25) is 0 Å². The molecule has 0 bridgehead atoms. The number of benzene rings is 1. The predicted molar refractivity (Wildman–Crippen MR) is 65.6 cm³/mol. The zero-order valence-electron chi connectivity index (χ0n) is 10.3. The Morgan fingerprint density at radius 1 is 1.25 bits per heavy atom. The first-order valence-corrected chi connectivity index (χ1v) is 5.65. The molecule has 1 aromatic carbocycles. The lowest BCUT2D eigenvalue weighted by Gasteiger charge is -2.23. The van der Waals surface area contributed by atoms with E-state index in [0.717, 1.165) is 12.3 Å². The van der Waals surface area contributed by atoms with Crippen LogP contribution in [0.5, 0.6) is 5.75 Å². The van der Waals surface area contributed by atoms with Crippen molar-refractivity contribution >= 4 is 0 Å². The lowest BCUT2D eigenvalue weighted by molar-refractivity contribution is 0.187. The number of ether oxygens (including phenoxy) is 1. The molecule has 0 heterocycles. The number of nitrogens with one attached hydrogen (secondary N) is 1. The van der Waals surface area contributed by atoms with Crippen molar-refractivity contribution < 1.29 is 9.84 Å². The van der Waals surface area contributed by atoms with Gasteiger partial charge in [-0.05, 0) is 38.5 Å². The molecule has 0 aromatic heterocycles. The second-order valence-corrected chi connectivity index (χ2v) is 4.47. The van der Waals surface area contributed by atoms with Gasteiger partial charge in [-0.3, -0.25) is 0 Å². The SMILES string of the molecule is CCOc1ccc(CNC(C)(C)CO)cc1. The smallest absolute Gasteiger partial charge is 0.119 e. The van der Waals surface area contributed by atoms with Crippen molar-refractivity contribution in [2.24, 2.45) is 0 Å². The second-order valence-electron chi connectivity index (χ2n) is 4.47. The van der Waals surface area contributed by atoms with Crippen LogP contribution in [0.3, 0.4) is 0 Å². The Morgan fingerprint density at radius 2 is 1.88 bits per heavy atom. The Balaban J connectivity index is 2.49. The third kappa shape index (κ3) is 4.21. The molecule has 0 aliphatic rings. The average Bonchev–Trinajstić information content (AvgIpc) is 2.29. The van der Waals surface area contributed by atoms with Crippen LogP contribution in [0.25, 0.3) is 0 Å². The van der Waals surface area contributed by atoms with E-state index in [4.69, 9.17) is 9.84 Å². The van der Waals surface area contributed by atoms with Crippen molar-refractivity contribution in [1.82, 2.24) is 5.32 Å². The molecule has 0 atom stereocenters. The van der Waals surface area contributed by atoms with Crippen molar-refractivity contribution in [2.75, 3.05) is 13.2 Å². The van der Waals surface area contributed by atoms with E-state index in [1.165, 1.54) is 5.56 Å². The Labute approximate surface area is 97.4 Å². The summed E-state index contributed by atoms with van der Waals surface area (Å²) in [7, 11) is 0. The molecular weight excluding hydrogens is 202 g/mol. The summed E-state index contributed by atoms with van der Waals surface area (Å²) in [6, 6.07) is 8.00. The van der Waals surface area contributed by atoms with E-state index in [0.29, 0.717) is 6.61 Å². The van der Waals surface area contributed by atoms with Crippen LogP contribution < -0.4 is 10.1 Å². The summed E-state index contributed by atoms with van der Waals surface area (Å²) < 4.78 is 5.37. The third-order valence-corrected chi connectivity index (χ3v) is 2.40. The predicted octanol–water partition coefficient (Wildman–Crippen LogP) is 1.95. The van der Waals surface area contributed by atoms with Crippen molar-refractivity contribution in [3.05, 3.63) is 29.8 Å². The number of hydrogen-bond acceptors (Lipinski definition) is 3. The van der Waals surface area contributed by atoms with Crippen LogP contribution in [0.1, 0.15) is 26.3 Å². The van der Waals surface area contributed by atoms with E-state index in [1.807, 2.05) is 45.0 Å². The summed E-state index contributed by atoms with van der Waals surface area (Å²) >= 11 is 0. The van der Waals surface area contributed by atoms with Crippen molar-refractivity contribution in [3.8, 4) is 5.75 Å². The molecule has 0 spiro atoms. The fourth-order valence-electron chi connectivity index (χ4n) is 1.27. The van der Waals surface area contributed by atoms with Crippen LogP contribution in [-0.2, 0) is 6.54 Å². The van der Waals surface area contributed by atoms with E-state index in [9.17, 15) is 0 Å². The fraction of sp³-hybridized carbons (Fsp3) is 0.538. The van der Waals surface area contributed by atoms with Gasteiger partial charge in [0, 0.05) is 12.1 Å². The van der Waals surface area contributed by atoms with Gasteiger partial charge in [-0.15, -0.1) is 0 Å². The summed E-state index contributed by atoms with van der Waals surface area (Å²) in [6.45, 7) is 7.49. The summed E-state index contributed by atoms with van der Waals surface area (Å²) in [4.78, 5) is 0. The standard InChI is InChI=1S/C13H21NO2/c1-4-16-12-7-5-11(6-8-12)9-14-13(2,3)10-15/h5-8,14-15H,4,9-10H2,1-3H3. The molecule has 0 unspecified atom stereocenters. The molecule has 0 fully saturated rings. The van der Waals surface area contributed by atoms with E-state index in [-0.39, 0.29) is 12.1 Å². The van der Waals surface area contributed by atoms with E-state index < -0.39 is 0 Å². The first-order valence-electron chi connectivity index (χ1n) is 5.65. The number of rotatable bonds is 6. The maximum absolute atomic E-state index is 9.10. The minimum absolute atomic E-state index is 0.129. The minimum Gasteiger partial charge on any atom is -0.494 e. The number of hydrogen-bond donors (Lipinski definition) is 2. The highest BCUT2D eigenvalue weighted by molar-refractivity contribution is 5.27. The van der Waals surface area contributed by atoms with E-state index in [2.05, 4.69) is 5.32 Å². The maximum atomic E-state index is 9.10. The van der Waals surface area contributed by atoms with Crippen molar-refractivity contribution in [3.63, 3.8) is 0 Å². The molecule has 0 aliphatic carbocycles. The van der Waals surface area contributed by atoms with Crippen LogP contribution in [-0.4, -0.2) is 23.9 Å². The third-order valence-electron chi connectivity index (χ3n) is 2.40. The zero-order valence-corrected chi connectivity index (χ0v) is 10.3. The zero-order chi connectivity index (χ0) is 12.0. The van der Waals surface area contributed by atoms with Crippen molar-refractivity contribution in [1.29, 1.82) is 0 Å². The van der Waals surface area contributed by atoms with Gasteiger partial charge in [0.05, 0.1) is 13.2 Å². The fourth-order valence-corrected chi connectivity index (χ4v) is 1.27. The largest absolute Gasteiger partial charge is 0.494 e. The van der Waals surface area contributed by atoms with Gasteiger partial charge >= 0.3 is 0 Å². The lowest BCUT2D eigenvalue weighted by atomic mass is 10.1. The molecule has 16 heavy (non-hydrogen) atoms. The molecule has 3 heteroatoms. The highest BCUT2D eigenvalue weighted by Crippen LogP contribution is 2.12. The number of aliphatic hydroxyl groups is 1. The van der Waals surface area contributed by atoms with E-state index in [1.54, 1.807) is 0 Å². The van der Waals surface area contributed by atoms with Gasteiger partial charge in [0.1, 0.15) is 5.75 Å². The van der Waals surface area contributed by atoms with Crippen LogP contribution in [0, 0.1) is 0 Å². The molecule has 0 amide bonds. The van der Waals surface area contributed by atoms with Gasteiger partial charge in [-0.2, -0.15) is 0 Å². The number of aliphatic hydroxyl groups excluding tert-OH is 1. The van der Waals surface area contributed by atoms with Gasteiger partial charge in [0.25, 0.3) is 0 Å². The van der Waals surface area contributed by atoms with Gasteiger partial charge in [-0.25, -0.2) is 0 Å². The first kappa shape index (κ1) is 13.0. The summed E-state index contributed by atoms with van der Waals surface area (Å²) in [6.07, 6.45) is 0. The van der Waals surface area contributed by atoms with Gasteiger partial charge in [-0.1, -0.05) is 12.1 Å². The highest BCUT2D eigenvalue weighted by Gasteiger charge is 2.14. The quantitative estimate of drug-likeness (QED) is 0.774. The van der Waals surface area contributed by atoms with Gasteiger partial charge in [0.15, 0.2) is 0 Å². The van der Waals surface area contributed by atoms with Gasteiger partial charge < -0.3 is 15.2 Å². The minimum atomic E-state index is -0.238. The summed E-state index contributed by atoms with van der Waals surface area (Å²) in [5.74, 6) is 0.896. The van der Waals surface area contributed by atoms with Crippen LogP contribution >= 0.6 is 0 Å². The van der Waals surface area contributed by atoms with Crippen molar-refractivity contribution in [2.45, 2.75) is 32.9 Å². The normalized spacial score (nSPS) is 11.5. The molecule has 0 aliphatic heterocycles. The average molecular weight is 223 g/mol.